The zero-order valence-corrected chi connectivity index (χ0v) is 14.4. The highest BCUT2D eigenvalue weighted by molar-refractivity contribution is 5.92. The van der Waals surface area contributed by atoms with Crippen LogP contribution in [0.15, 0.2) is 60.7 Å². The van der Waals surface area contributed by atoms with E-state index < -0.39 is 23.6 Å². The predicted molar refractivity (Wildman–Crippen MR) is 96.1 cm³/mol. The highest BCUT2D eigenvalue weighted by atomic mass is 19.4. The van der Waals surface area contributed by atoms with E-state index in [1.165, 1.54) is 29.2 Å². The highest BCUT2D eigenvalue weighted by Gasteiger charge is 2.30. The van der Waals surface area contributed by atoms with Crippen molar-refractivity contribution in [2.45, 2.75) is 19.1 Å². The van der Waals surface area contributed by atoms with Gasteiger partial charge in [-0.15, -0.1) is 0 Å². The lowest BCUT2D eigenvalue weighted by Crippen LogP contribution is -2.32. The molecule has 0 aliphatic rings. The molecule has 2 amide bonds. The van der Waals surface area contributed by atoms with Crippen LogP contribution in [0.1, 0.15) is 23.1 Å². The van der Waals surface area contributed by atoms with Crippen molar-refractivity contribution >= 4 is 17.9 Å². The minimum Gasteiger partial charge on any atom is -0.370 e. The van der Waals surface area contributed by atoms with E-state index in [0.29, 0.717) is 0 Å². The topological polar surface area (TPSA) is 63.4 Å². The molecule has 0 bridgehead atoms. The lowest BCUT2D eigenvalue weighted by atomic mass is 10.1. The van der Waals surface area contributed by atoms with Crippen molar-refractivity contribution in [1.29, 1.82) is 0 Å². The number of nitrogens with zero attached hydrogens (tertiary/aromatic N) is 1. The summed E-state index contributed by atoms with van der Waals surface area (Å²) in [6.45, 7) is 0.385. The van der Waals surface area contributed by atoms with Gasteiger partial charge in [-0.2, -0.15) is 13.2 Å². The Bertz CT molecular complexity index is 817. The van der Waals surface area contributed by atoms with Gasteiger partial charge in [0.05, 0.1) is 5.56 Å². The first-order chi connectivity index (χ1) is 12.8. The molecule has 2 rings (SSSR count). The van der Waals surface area contributed by atoms with Crippen molar-refractivity contribution in [3.63, 3.8) is 0 Å². The second-order valence-corrected chi connectivity index (χ2v) is 5.92. The second-order valence-electron chi connectivity index (χ2n) is 5.92. The molecule has 27 heavy (non-hydrogen) atoms. The number of rotatable bonds is 7. The molecule has 0 saturated heterocycles. The van der Waals surface area contributed by atoms with Crippen molar-refractivity contribution in [2.75, 3.05) is 6.54 Å². The van der Waals surface area contributed by atoms with Crippen LogP contribution in [-0.4, -0.2) is 23.3 Å². The molecular formula is C20H19F3N2O2. The standard InChI is InChI=1S/C20H19F3N2O2/c21-20(22,23)17-8-4-7-15(13-17)9-10-19(27)25(12-11-18(24)26)14-16-5-2-1-3-6-16/h1-10,13H,11-12,14H2,(H2,24,26)/b10-9+. The van der Waals surface area contributed by atoms with Crippen LogP contribution < -0.4 is 5.73 Å². The Hall–Kier alpha value is -3.09. The molecule has 142 valence electrons. The number of carbonyl (C=O) groups is 2. The van der Waals surface area contributed by atoms with Crippen LogP contribution in [0.5, 0.6) is 0 Å². The lowest BCUT2D eigenvalue weighted by Gasteiger charge is -2.20. The third-order valence-corrected chi connectivity index (χ3v) is 3.79. The summed E-state index contributed by atoms with van der Waals surface area (Å²) in [7, 11) is 0. The van der Waals surface area contributed by atoms with Gasteiger partial charge in [0.1, 0.15) is 0 Å². The fourth-order valence-corrected chi connectivity index (χ4v) is 2.41. The maximum absolute atomic E-state index is 12.8. The van der Waals surface area contributed by atoms with Gasteiger partial charge in [-0.05, 0) is 29.3 Å². The molecule has 0 saturated carbocycles. The molecule has 0 atom stereocenters. The van der Waals surface area contributed by atoms with Crippen LogP contribution in [-0.2, 0) is 22.3 Å². The largest absolute Gasteiger partial charge is 0.416 e. The number of halogens is 3. The first kappa shape index (κ1) is 20.2. The summed E-state index contributed by atoms with van der Waals surface area (Å²) < 4.78 is 38.3. The van der Waals surface area contributed by atoms with Gasteiger partial charge in [-0.25, -0.2) is 0 Å². The van der Waals surface area contributed by atoms with Crippen LogP contribution in [0.4, 0.5) is 13.2 Å². The van der Waals surface area contributed by atoms with Gasteiger partial charge in [0.25, 0.3) is 0 Å². The number of primary amides is 1. The Labute approximate surface area is 155 Å². The molecule has 7 heteroatoms. The number of hydrogen-bond donors (Lipinski definition) is 1. The van der Waals surface area contributed by atoms with Gasteiger partial charge in [-0.1, -0.05) is 42.5 Å². The van der Waals surface area contributed by atoms with E-state index in [2.05, 4.69) is 0 Å². The Morgan fingerprint density at radius 3 is 2.37 bits per heavy atom. The summed E-state index contributed by atoms with van der Waals surface area (Å²) in [5, 5.41) is 0. The predicted octanol–water partition coefficient (Wildman–Crippen LogP) is 3.62. The van der Waals surface area contributed by atoms with Gasteiger partial charge in [0.2, 0.25) is 11.8 Å². The summed E-state index contributed by atoms with van der Waals surface area (Å²) in [6.07, 6.45) is -1.94. The highest BCUT2D eigenvalue weighted by Crippen LogP contribution is 2.29. The number of amides is 2. The Morgan fingerprint density at radius 1 is 1.04 bits per heavy atom. The number of benzene rings is 2. The minimum atomic E-state index is -4.45. The zero-order chi connectivity index (χ0) is 19.9. The minimum absolute atomic E-state index is 0.00400. The van der Waals surface area contributed by atoms with E-state index in [1.807, 2.05) is 30.3 Å². The van der Waals surface area contributed by atoms with E-state index in [0.717, 1.165) is 17.7 Å². The van der Waals surface area contributed by atoms with E-state index in [4.69, 9.17) is 5.73 Å². The molecule has 0 aliphatic carbocycles. The monoisotopic (exact) mass is 376 g/mol. The second kappa shape index (κ2) is 9.02. The Balaban J connectivity index is 2.14. The molecule has 2 N–H and O–H groups in total. The maximum atomic E-state index is 12.8. The number of nitrogens with two attached hydrogens (primary N) is 1. The van der Waals surface area contributed by atoms with Gasteiger partial charge in [0.15, 0.2) is 0 Å². The lowest BCUT2D eigenvalue weighted by molar-refractivity contribution is -0.137. The van der Waals surface area contributed by atoms with Crippen molar-refractivity contribution < 1.29 is 22.8 Å². The number of carbonyl (C=O) groups excluding carboxylic acids is 2. The van der Waals surface area contributed by atoms with Crippen molar-refractivity contribution in [3.8, 4) is 0 Å². The molecule has 0 aliphatic heterocycles. The summed E-state index contributed by atoms with van der Waals surface area (Å²) in [5.41, 5.74) is 5.49. The summed E-state index contributed by atoms with van der Waals surface area (Å²) >= 11 is 0. The van der Waals surface area contributed by atoms with Gasteiger partial charge in [-0.3, -0.25) is 9.59 Å². The molecule has 2 aromatic carbocycles. The average molecular weight is 376 g/mol. The molecule has 0 fully saturated rings. The van der Waals surface area contributed by atoms with E-state index in [-0.39, 0.29) is 25.1 Å². The number of hydrogen-bond acceptors (Lipinski definition) is 2. The summed E-state index contributed by atoms with van der Waals surface area (Å²) in [5.74, 6) is -0.958. The third-order valence-electron chi connectivity index (χ3n) is 3.79. The van der Waals surface area contributed by atoms with Crippen molar-refractivity contribution in [3.05, 3.63) is 77.4 Å². The Morgan fingerprint density at radius 2 is 1.74 bits per heavy atom. The molecule has 0 heterocycles. The first-order valence-electron chi connectivity index (χ1n) is 8.22. The fraction of sp³-hybridized carbons (Fsp3) is 0.200. The summed E-state index contributed by atoms with van der Waals surface area (Å²) in [4.78, 5) is 25.0. The van der Waals surface area contributed by atoms with Crippen LogP contribution in [0.2, 0.25) is 0 Å². The smallest absolute Gasteiger partial charge is 0.370 e. The quantitative estimate of drug-likeness (QED) is 0.750. The van der Waals surface area contributed by atoms with E-state index in [9.17, 15) is 22.8 Å². The molecule has 0 spiro atoms. The molecular weight excluding hydrogens is 357 g/mol. The SMILES string of the molecule is NC(=O)CCN(Cc1ccccc1)C(=O)/C=C/c1cccc(C(F)(F)F)c1. The van der Waals surface area contributed by atoms with E-state index >= 15 is 0 Å². The Kier molecular flexibility index (Phi) is 6.76. The molecule has 0 aromatic heterocycles. The fourth-order valence-electron chi connectivity index (χ4n) is 2.41. The van der Waals surface area contributed by atoms with Crippen LogP contribution in [0.3, 0.4) is 0 Å². The zero-order valence-electron chi connectivity index (χ0n) is 14.4. The molecule has 4 nitrogen and oxygen atoms in total. The van der Waals surface area contributed by atoms with Crippen LogP contribution in [0, 0.1) is 0 Å². The molecule has 0 radical (unpaired) electrons. The van der Waals surface area contributed by atoms with Crippen LogP contribution >= 0.6 is 0 Å². The number of alkyl halides is 3. The van der Waals surface area contributed by atoms with Crippen molar-refractivity contribution in [1.82, 2.24) is 4.90 Å². The molecule has 2 aromatic rings. The van der Waals surface area contributed by atoms with Gasteiger partial charge >= 0.3 is 6.18 Å². The first-order valence-corrected chi connectivity index (χ1v) is 8.22. The average Bonchev–Trinajstić information content (AvgIpc) is 2.63. The van der Waals surface area contributed by atoms with E-state index in [1.54, 1.807) is 0 Å². The van der Waals surface area contributed by atoms with Gasteiger partial charge < -0.3 is 10.6 Å². The normalized spacial score (nSPS) is 11.5. The van der Waals surface area contributed by atoms with Crippen LogP contribution in [0.25, 0.3) is 6.08 Å². The molecule has 0 unspecified atom stereocenters. The third kappa shape index (κ3) is 6.62. The maximum Gasteiger partial charge on any atom is 0.416 e. The van der Waals surface area contributed by atoms with Crippen molar-refractivity contribution in [2.24, 2.45) is 5.73 Å². The summed E-state index contributed by atoms with van der Waals surface area (Å²) in [6, 6.07) is 13.8. The van der Waals surface area contributed by atoms with Gasteiger partial charge in [0, 0.05) is 25.6 Å².